The second-order valence-corrected chi connectivity index (χ2v) is 17.8. The summed E-state index contributed by atoms with van der Waals surface area (Å²) in [6.45, 7) is 11.6. The molecule has 0 saturated heterocycles. The predicted molar refractivity (Wildman–Crippen MR) is 246 cm³/mol. The molecule has 3 heterocycles. The zero-order valence-corrected chi connectivity index (χ0v) is 37.5. The molecule has 0 saturated carbocycles. The van der Waals surface area contributed by atoms with E-state index in [1.807, 2.05) is 87.5 Å². The van der Waals surface area contributed by atoms with Crippen LogP contribution in [0.1, 0.15) is 107 Å². The summed E-state index contributed by atoms with van der Waals surface area (Å²) < 4.78 is 108. The van der Waals surface area contributed by atoms with Crippen molar-refractivity contribution >= 4 is 32.7 Å². The van der Waals surface area contributed by atoms with E-state index in [-0.39, 0.29) is 42.4 Å². The minimum atomic E-state index is -2.35. The van der Waals surface area contributed by atoms with Gasteiger partial charge in [0.25, 0.3) is 0 Å². The van der Waals surface area contributed by atoms with Crippen molar-refractivity contribution in [3.8, 4) is 33.6 Å². The second kappa shape index (κ2) is 17.4. The Morgan fingerprint density at radius 2 is 1.31 bits per heavy atom. The molecule has 0 bridgehead atoms. The molecule has 59 heavy (non-hydrogen) atoms. The van der Waals surface area contributed by atoms with Crippen molar-refractivity contribution in [3.05, 3.63) is 155 Å². The fraction of sp³-hybridized carbons (Fsp3) is 0.309. The normalized spacial score (nSPS) is 16.2. The predicted octanol–water partition coefficient (Wildman–Crippen LogP) is 15.2. The molecule has 0 unspecified atom stereocenters. The van der Waals surface area contributed by atoms with E-state index in [0.29, 0.717) is 50.2 Å². The molecule has 8 rings (SSSR count). The van der Waals surface area contributed by atoms with Gasteiger partial charge in [0.1, 0.15) is 5.58 Å². The number of pyridine rings is 2. The molecule has 0 fully saturated rings. The zero-order valence-electron chi connectivity index (χ0n) is 47.1. The quantitative estimate of drug-likeness (QED) is 0.156. The van der Waals surface area contributed by atoms with Gasteiger partial charge in [0.05, 0.1) is 5.58 Å². The number of hydrogen-bond donors (Lipinski definition) is 0. The van der Waals surface area contributed by atoms with Gasteiger partial charge in [-0.3, -0.25) is 0 Å². The summed E-state index contributed by atoms with van der Waals surface area (Å²) in [5, 5.41) is 3.12. The second-order valence-electron chi connectivity index (χ2n) is 17.8. The van der Waals surface area contributed by atoms with Crippen molar-refractivity contribution in [1.29, 1.82) is 0 Å². The summed E-state index contributed by atoms with van der Waals surface area (Å²) in [6, 6.07) is 36.6. The maximum atomic E-state index is 8.98. The Kier molecular flexibility index (Phi) is 8.89. The molecular formula is C55H58IrN2O-2. The number of rotatable bonds is 6. The molecule has 3 nitrogen and oxygen atoms in total. The number of fused-ring (bicyclic) bond motifs is 5. The molecule has 5 aromatic carbocycles. The Balaban J connectivity index is 0.000000229. The Morgan fingerprint density at radius 1 is 0.627 bits per heavy atom. The third-order valence-corrected chi connectivity index (χ3v) is 9.21. The van der Waals surface area contributed by atoms with Crippen LogP contribution in [-0.4, -0.2) is 9.97 Å². The van der Waals surface area contributed by atoms with Gasteiger partial charge in [-0.15, -0.1) is 47.0 Å². The Morgan fingerprint density at radius 3 is 2.02 bits per heavy atom. The average Bonchev–Trinajstić information content (AvgIpc) is 3.67. The van der Waals surface area contributed by atoms with Gasteiger partial charge in [-0.05, 0) is 74.9 Å². The molecular weight excluding hydrogens is 897 g/mol. The maximum absolute atomic E-state index is 8.98. The molecule has 1 radical (unpaired) electrons. The number of aryl methyl sites for hydroxylation is 2. The van der Waals surface area contributed by atoms with E-state index in [9.17, 15) is 0 Å². The summed E-state index contributed by atoms with van der Waals surface area (Å²) in [4.78, 5) is 9.01. The van der Waals surface area contributed by atoms with E-state index < -0.39 is 49.1 Å². The summed E-state index contributed by atoms with van der Waals surface area (Å²) in [7, 11) is 0. The number of hydrogen-bond acceptors (Lipinski definition) is 3. The first kappa shape index (κ1) is 30.2. The summed E-state index contributed by atoms with van der Waals surface area (Å²) in [5.41, 5.74) is 3.20. The smallest absolute Gasteiger partial charge is 0.128 e. The van der Waals surface area contributed by atoms with E-state index in [1.165, 1.54) is 18.3 Å². The van der Waals surface area contributed by atoms with Crippen LogP contribution in [0.5, 0.6) is 0 Å². The minimum Gasteiger partial charge on any atom is -0.500 e. The molecule has 0 amide bonds. The summed E-state index contributed by atoms with van der Waals surface area (Å²) in [6.07, 6.45) is -2.33. The van der Waals surface area contributed by atoms with Crippen molar-refractivity contribution in [3.63, 3.8) is 0 Å². The van der Waals surface area contributed by atoms with Gasteiger partial charge < -0.3 is 14.4 Å². The van der Waals surface area contributed by atoms with Crippen LogP contribution < -0.4 is 0 Å². The van der Waals surface area contributed by atoms with Crippen molar-refractivity contribution in [2.75, 3.05) is 0 Å². The molecule has 0 spiro atoms. The topological polar surface area (TPSA) is 38.9 Å². The molecule has 8 aromatic rings. The van der Waals surface area contributed by atoms with E-state index in [0.717, 1.165) is 21.7 Å². The molecule has 305 valence electrons. The van der Waals surface area contributed by atoms with Gasteiger partial charge in [0, 0.05) is 59.7 Å². The van der Waals surface area contributed by atoms with E-state index in [1.54, 1.807) is 72.0 Å². The first-order valence-electron chi connectivity index (χ1n) is 25.6. The minimum absolute atomic E-state index is 0. The number of aromatic nitrogens is 2. The van der Waals surface area contributed by atoms with Crippen molar-refractivity contribution < 1.29 is 41.0 Å². The molecule has 3 aromatic heterocycles. The third kappa shape index (κ3) is 10.5. The van der Waals surface area contributed by atoms with Crippen molar-refractivity contribution in [2.24, 2.45) is 16.2 Å². The summed E-state index contributed by atoms with van der Waals surface area (Å²) in [5.74, 6) is 0. The van der Waals surface area contributed by atoms with Crippen molar-refractivity contribution in [2.45, 2.75) is 95.1 Å². The standard InChI is InChI=1S/C28H34N.C27H24NO.Ir/c1-20-13-14-22(15-25(20)21-11-9-8-10-12-21)26-16-23(17-27(2,3)4)24(19-29-26)18-28(5,6)7;1-17-9-11-21(23-15-18(13-14-28-23)16-27(2,3)4)26-24(17)22-12-10-19-7-5-6-8-20(19)25(22)29-26;/h8-13,15-16,19H,17-18H2,1-7H3;5-10,12-15H,16H2,1-4H3;/q2*-1;/i1D3,17D2,18D2;1D3,16D2;. The fourth-order valence-corrected chi connectivity index (χ4v) is 6.93. The van der Waals surface area contributed by atoms with E-state index in [2.05, 4.69) is 22.1 Å². The molecule has 0 aliphatic heterocycles. The average molecular weight is 967 g/mol. The monoisotopic (exact) mass is 967 g/mol. The number of benzene rings is 5. The SMILES string of the molecule is [2H]C([2H])([2H])c1c[c-]c(-c2cc(C([2H])([2H])C(C)(C)C)c(C([2H])([2H])C(C)(C)C)cn2)cc1-c1ccccc1.[2H]C([2H])([2H])c1c[c-]c(-c2cc(C([2H])([2H])C(C)(C)C)ccn2)c2oc3c4ccccc4ccc3c12.[Ir]. The third-order valence-electron chi connectivity index (χ3n) is 9.21. The fourth-order valence-electron chi connectivity index (χ4n) is 6.93. The van der Waals surface area contributed by atoms with E-state index >= 15 is 0 Å². The van der Waals surface area contributed by atoms with Crippen LogP contribution >= 0.6 is 0 Å². The number of furan rings is 1. The van der Waals surface area contributed by atoms with Crippen LogP contribution in [-0.2, 0) is 39.2 Å². The Labute approximate surface area is 382 Å². The number of nitrogens with zero attached hydrogens (tertiary/aromatic N) is 2. The van der Waals surface area contributed by atoms with Crippen molar-refractivity contribution in [1.82, 2.24) is 9.97 Å². The van der Waals surface area contributed by atoms with Gasteiger partial charge >= 0.3 is 0 Å². The molecule has 0 N–H and O–H groups in total. The largest absolute Gasteiger partial charge is 0.500 e. The van der Waals surface area contributed by atoms with Gasteiger partial charge in [0.2, 0.25) is 0 Å². The van der Waals surface area contributed by atoms with Crippen LogP contribution in [0.15, 0.2) is 120 Å². The van der Waals surface area contributed by atoms with Gasteiger partial charge in [-0.1, -0.05) is 177 Å². The van der Waals surface area contributed by atoms with Crippen LogP contribution in [0.3, 0.4) is 0 Å². The first-order valence-corrected chi connectivity index (χ1v) is 19.6. The zero-order chi connectivity index (χ0) is 51.8. The Hall–Kier alpha value is -4.89. The maximum Gasteiger partial charge on any atom is 0.128 e. The van der Waals surface area contributed by atoms with Gasteiger partial charge in [-0.25, -0.2) is 0 Å². The summed E-state index contributed by atoms with van der Waals surface area (Å²) >= 11 is 0. The van der Waals surface area contributed by atoms with Crippen LogP contribution in [0.4, 0.5) is 0 Å². The molecule has 0 atom stereocenters. The molecule has 0 aliphatic carbocycles. The van der Waals surface area contributed by atoms with Crippen LogP contribution in [0.2, 0.25) is 0 Å². The van der Waals surface area contributed by atoms with E-state index in [4.69, 9.17) is 20.9 Å². The van der Waals surface area contributed by atoms with Crippen LogP contribution in [0.25, 0.3) is 66.4 Å². The van der Waals surface area contributed by atoms with Gasteiger partial charge in [-0.2, -0.15) is 0 Å². The Bertz CT molecular complexity index is 3230. The van der Waals surface area contributed by atoms with Crippen LogP contribution in [0, 0.1) is 42.1 Å². The van der Waals surface area contributed by atoms with Gasteiger partial charge in [0.15, 0.2) is 0 Å². The molecule has 0 aliphatic rings. The molecule has 4 heteroatoms. The first-order chi connectivity index (χ1) is 32.2.